The van der Waals surface area contributed by atoms with E-state index in [9.17, 15) is 14.4 Å². The first-order chi connectivity index (χ1) is 19.8. The highest BCUT2D eigenvalue weighted by molar-refractivity contribution is 8.00. The van der Waals surface area contributed by atoms with Crippen molar-refractivity contribution in [2.45, 2.75) is 24.0 Å². The van der Waals surface area contributed by atoms with Crippen LogP contribution >= 0.6 is 11.8 Å². The summed E-state index contributed by atoms with van der Waals surface area (Å²) in [5, 5.41) is 8.15. The number of ether oxygens (including phenoxy) is 1. The monoisotopic (exact) mass is 565 g/mol. The molecule has 8 heteroatoms. The number of amides is 3. The van der Waals surface area contributed by atoms with Gasteiger partial charge in [0, 0.05) is 21.8 Å². The Morgan fingerprint density at radius 2 is 1.51 bits per heavy atom. The second-order valence-electron chi connectivity index (χ2n) is 9.19. The third-order valence-electron chi connectivity index (χ3n) is 6.15. The molecule has 1 unspecified atom stereocenters. The molecule has 0 bridgehead atoms. The van der Waals surface area contributed by atoms with Gasteiger partial charge in [-0.05, 0) is 85.6 Å². The highest BCUT2D eigenvalue weighted by atomic mass is 32.2. The number of hydrogen-bond acceptors (Lipinski definition) is 5. The Labute approximate surface area is 244 Å². The molecule has 4 aromatic rings. The van der Waals surface area contributed by atoms with E-state index in [0.29, 0.717) is 22.7 Å². The quantitative estimate of drug-likeness (QED) is 0.150. The van der Waals surface area contributed by atoms with Gasteiger partial charge in [-0.2, -0.15) is 0 Å². The number of thioether (sulfide) groups is 1. The SMILES string of the molecule is COc1ccc(NC(=O)C(C)Sc2cccc(NC(=O)/C(=C/c3ccccc3C)NC(=O)c3ccccc3)c2)cc1. The Morgan fingerprint density at radius 1 is 0.805 bits per heavy atom. The largest absolute Gasteiger partial charge is 0.497 e. The van der Waals surface area contributed by atoms with Gasteiger partial charge in [-0.1, -0.05) is 48.5 Å². The molecule has 7 nitrogen and oxygen atoms in total. The standard InChI is InChI=1S/C33H31N3O4S/c1-22-10-7-8-13-25(22)20-30(36-32(38)24-11-5-4-6-12-24)33(39)35-27-14-9-15-29(21-27)41-23(2)31(37)34-26-16-18-28(40-3)19-17-26/h4-21,23H,1-3H3,(H,34,37)(H,35,39)(H,36,38)/b30-20-. The van der Waals surface area contributed by atoms with Gasteiger partial charge in [0.1, 0.15) is 11.4 Å². The summed E-state index contributed by atoms with van der Waals surface area (Å²) < 4.78 is 5.16. The van der Waals surface area contributed by atoms with Gasteiger partial charge in [-0.3, -0.25) is 14.4 Å². The van der Waals surface area contributed by atoms with Crippen LogP contribution in [0.3, 0.4) is 0 Å². The van der Waals surface area contributed by atoms with Crippen LogP contribution in [0.15, 0.2) is 114 Å². The molecule has 0 aliphatic heterocycles. The number of hydrogen-bond donors (Lipinski definition) is 3. The molecule has 0 aromatic heterocycles. The summed E-state index contributed by atoms with van der Waals surface area (Å²) in [5.74, 6) is -0.297. The zero-order chi connectivity index (χ0) is 29.2. The highest BCUT2D eigenvalue weighted by Gasteiger charge is 2.18. The van der Waals surface area contributed by atoms with Crippen molar-refractivity contribution in [3.63, 3.8) is 0 Å². The molecule has 0 radical (unpaired) electrons. The van der Waals surface area contributed by atoms with E-state index in [-0.39, 0.29) is 17.5 Å². The molecule has 0 heterocycles. The third kappa shape index (κ3) is 8.33. The predicted molar refractivity (Wildman–Crippen MR) is 165 cm³/mol. The predicted octanol–water partition coefficient (Wildman–Crippen LogP) is 6.53. The van der Waals surface area contributed by atoms with Gasteiger partial charge in [0.15, 0.2) is 0 Å². The first kappa shape index (κ1) is 29.2. The Hall–Kier alpha value is -4.82. The summed E-state index contributed by atoms with van der Waals surface area (Å²) in [6.07, 6.45) is 1.66. The average Bonchev–Trinajstić information content (AvgIpc) is 2.98. The topological polar surface area (TPSA) is 96.5 Å². The summed E-state index contributed by atoms with van der Waals surface area (Å²) in [5.41, 5.74) is 3.54. The lowest BCUT2D eigenvalue weighted by molar-refractivity contribution is -0.115. The first-order valence-electron chi connectivity index (χ1n) is 13.0. The van der Waals surface area contributed by atoms with Gasteiger partial charge < -0.3 is 20.7 Å². The zero-order valence-corrected chi connectivity index (χ0v) is 23.8. The van der Waals surface area contributed by atoms with Crippen molar-refractivity contribution in [1.29, 1.82) is 0 Å². The van der Waals surface area contributed by atoms with Crippen molar-refractivity contribution in [1.82, 2.24) is 5.32 Å². The molecule has 4 aromatic carbocycles. The fraction of sp³-hybridized carbons (Fsp3) is 0.121. The lowest BCUT2D eigenvalue weighted by atomic mass is 10.1. The van der Waals surface area contributed by atoms with Crippen LogP contribution in [0.1, 0.15) is 28.4 Å². The van der Waals surface area contributed by atoms with Crippen molar-refractivity contribution in [2.75, 3.05) is 17.7 Å². The maximum absolute atomic E-state index is 13.4. The van der Waals surface area contributed by atoms with E-state index in [1.807, 2.05) is 50.2 Å². The molecule has 0 spiro atoms. The van der Waals surface area contributed by atoms with Crippen LogP contribution in [0, 0.1) is 6.92 Å². The summed E-state index contributed by atoms with van der Waals surface area (Å²) in [7, 11) is 1.59. The number of carbonyl (C=O) groups excluding carboxylic acids is 3. The van der Waals surface area contributed by atoms with Gasteiger partial charge in [-0.25, -0.2) is 0 Å². The minimum Gasteiger partial charge on any atom is -0.497 e. The van der Waals surface area contributed by atoms with E-state index in [0.717, 1.165) is 16.0 Å². The van der Waals surface area contributed by atoms with Gasteiger partial charge in [0.2, 0.25) is 5.91 Å². The number of benzene rings is 4. The maximum atomic E-state index is 13.4. The molecule has 0 aliphatic carbocycles. The van der Waals surface area contributed by atoms with Crippen LogP contribution in [0.25, 0.3) is 6.08 Å². The molecule has 208 valence electrons. The van der Waals surface area contributed by atoms with Crippen LogP contribution in [-0.4, -0.2) is 30.1 Å². The molecule has 0 fully saturated rings. The number of nitrogens with one attached hydrogen (secondary N) is 3. The number of methoxy groups -OCH3 is 1. The molecule has 3 N–H and O–H groups in total. The Morgan fingerprint density at radius 3 is 2.22 bits per heavy atom. The molecule has 3 amide bonds. The second-order valence-corrected chi connectivity index (χ2v) is 10.6. The normalized spacial score (nSPS) is 11.7. The van der Waals surface area contributed by atoms with Crippen molar-refractivity contribution in [3.05, 3.63) is 126 Å². The van der Waals surface area contributed by atoms with E-state index >= 15 is 0 Å². The van der Waals surface area contributed by atoms with Gasteiger partial charge in [0.05, 0.1) is 12.4 Å². The van der Waals surface area contributed by atoms with E-state index in [2.05, 4.69) is 16.0 Å². The minimum absolute atomic E-state index is 0.110. The molecule has 0 saturated carbocycles. The zero-order valence-electron chi connectivity index (χ0n) is 23.0. The Balaban J connectivity index is 1.47. The summed E-state index contributed by atoms with van der Waals surface area (Å²) in [6, 6.07) is 30.7. The number of rotatable bonds is 10. The molecule has 1 atom stereocenters. The lowest BCUT2D eigenvalue weighted by Gasteiger charge is -2.14. The molecule has 0 saturated heterocycles. The average molecular weight is 566 g/mol. The van der Waals surface area contributed by atoms with E-state index in [4.69, 9.17) is 4.74 Å². The fourth-order valence-electron chi connectivity index (χ4n) is 3.87. The maximum Gasteiger partial charge on any atom is 0.272 e. The molecule has 41 heavy (non-hydrogen) atoms. The van der Waals surface area contributed by atoms with Crippen molar-refractivity contribution < 1.29 is 19.1 Å². The van der Waals surface area contributed by atoms with Crippen LogP contribution in [0.2, 0.25) is 0 Å². The van der Waals surface area contributed by atoms with Crippen molar-refractivity contribution in [2.24, 2.45) is 0 Å². The Kier molecular flexibility index (Phi) is 9.96. The van der Waals surface area contributed by atoms with E-state index in [1.54, 1.807) is 79.9 Å². The molecule has 0 aliphatic rings. The van der Waals surface area contributed by atoms with E-state index in [1.165, 1.54) is 11.8 Å². The Bertz CT molecular complexity index is 1550. The smallest absolute Gasteiger partial charge is 0.272 e. The summed E-state index contributed by atoms with van der Waals surface area (Å²) >= 11 is 1.37. The molecular formula is C33H31N3O4S. The molecular weight excluding hydrogens is 534 g/mol. The highest BCUT2D eigenvalue weighted by Crippen LogP contribution is 2.27. The lowest BCUT2D eigenvalue weighted by Crippen LogP contribution is -2.30. The summed E-state index contributed by atoms with van der Waals surface area (Å²) in [4.78, 5) is 39.9. The fourth-order valence-corrected chi connectivity index (χ4v) is 4.79. The third-order valence-corrected chi connectivity index (χ3v) is 7.24. The van der Waals surface area contributed by atoms with Crippen LogP contribution < -0.4 is 20.7 Å². The summed E-state index contributed by atoms with van der Waals surface area (Å²) in [6.45, 7) is 3.75. The first-order valence-corrected chi connectivity index (χ1v) is 13.9. The minimum atomic E-state index is -0.468. The van der Waals surface area contributed by atoms with Crippen molar-refractivity contribution in [3.8, 4) is 5.75 Å². The number of carbonyl (C=O) groups is 3. The van der Waals surface area contributed by atoms with Gasteiger partial charge in [-0.15, -0.1) is 11.8 Å². The van der Waals surface area contributed by atoms with Gasteiger partial charge >= 0.3 is 0 Å². The number of anilines is 2. The van der Waals surface area contributed by atoms with Gasteiger partial charge in [0.25, 0.3) is 11.8 Å². The van der Waals surface area contributed by atoms with E-state index < -0.39 is 11.2 Å². The van der Waals surface area contributed by atoms with Crippen LogP contribution in [-0.2, 0) is 9.59 Å². The number of aryl methyl sites for hydroxylation is 1. The van der Waals surface area contributed by atoms with Crippen LogP contribution in [0.4, 0.5) is 11.4 Å². The van der Waals surface area contributed by atoms with Crippen molar-refractivity contribution >= 4 is 46.9 Å². The van der Waals surface area contributed by atoms with Crippen LogP contribution in [0.5, 0.6) is 5.75 Å². The molecule has 4 rings (SSSR count). The second kappa shape index (κ2) is 14.0.